The fourth-order valence-corrected chi connectivity index (χ4v) is 3.01. The lowest BCUT2D eigenvalue weighted by Gasteiger charge is -2.21. The molecule has 0 spiro atoms. The number of methoxy groups -OCH3 is 2. The number of benzene rings is 2. The maximum absolute atomic E-state index is 13.0. The van der Waals surface area contributed by atoms with Crippen LogP contribution in [0.2, 0.25) is 0 Å². The second-order valence-electron chi connectivity index (χ2n) is 6.60. The Kier molecular flexibility index (Phi) is 5.58. The second kappa shape index (κ2) is 8.08. The van der Waals surface area contributed by atoms with Gasteiger partial charge in [0.15, 0.2) is 11.5 Å². The molecule has 0 radical (unpaired) electrons. The Hall–Kier alpha value is -3.42. The summed E-state index contributed by atoms with van der Waals surface area (Å²) in [6.07, 6.45) is 0. The molecule has 1 unspecified atom stereocenters. The van der Waals surface area contributed by atoms with E-state index in [1.165, 1.54) is 14.2 Å². The minimum absolute atomic E-state index is 0.187. The van der Waals surface area contributed by atoms with Crippen LogP contribution < -0.4 is 20.3 Å². The van der Waals surface area contributed by atoms with Crippen molar-refractivity contribution in [1.29, 1.82) is 0 Å². The minimum atomic E-state index is -0.822. The van der Waals surface area contributed by atoms with E-state index in [1.807, 2.05) is 13.8 Å². The molecule has 146 valence electrons. The largest absolute Gasteiger partial charge is 0.493 e. The molecule has 3 rings (SSSR count). The highest BCUT2D eigenvalue weighted by Crippen LogP contribution is 2.30. The Bertz CT molecular complexity index is 1060. The molecule has 0 bridgehead atoms. The number of rotatable bonds is 6. The number of fused-ring (bicyclic) bond motifs is 1. The Morgan fingerprint density at radius 3 is 2.46 bits per heavy atom. The zero-order valence-electron chi connectivity index (χ0n) is 16.2. The normalized spacial score (nSPS) is 12.0. The third kappa shape index (κ3) is 3.66. The van der Waals surface area contributed by atoms with Crippen molar-refractivity contribution in [3.05, 3.63) is 52.8 Å². The number of aromatic nitrogens is 3. The Balaban J connectivity index is 1.96. The average Bonchev–Trinajstić information content (AvgIpc) is 2.69. The van der Waals surface area contributed by atoms with Gasteiger partial charge in [0.2, 0.25) is 5.91 Å². The van der Waals surface area contributed by atoms with Gasteiger partial charge >= 0.3 is 0 Å². The van der Waals surface area contributed by atoms with Gasteiger partial charge < -0.3 is 14.8 Å². The van der Waals surface area contributed by atoms with E-state index in [4.69, 9.17) is 9.47 Å². The molecule has 0 saturated carbocycles. The van der Waals surface area contributed by atoms with Crippen LogP contribution >= 0.6 is 0 Å². The van der Waals surface area contributed by atoms with Crippen LogP contribution in [0.5, 0.6) is 11.5 Å². The number of carbonyl (C=O) groups excluding carboxylic acids is 1. The molecule has 0 aliphatic carbocycles. The van der Waals surface area contributed by atoms with E-state index in [2.05, 4.69) is 15.6 Å². The molecule has 0 aliphatic heterocycles. The summed E-state index contributed by atoms with van der Waals surface area (Å²) < 4.78 is 11.6. The summed E-state index contributed by atoms with van der Waals surface area (Å²) in [4.78, 5) is 25.8. The summed E-state index contributed by atoms with van der Waals surface area (Å²) in [5, 5.41) is 11.3. The second-order valence-corrected chi connectivity index (χ2v) is 6.60. The lowest BCUT2D eigenvalue weighted by atomic mass is 10.0. The third-order valence-corrected chi connectivity index (χ3v) is 4.41. The number of hydrogen-bond acceptors (Lipinski definition) is 6. The van der Waals surface area contributed by atoms with Crippen LogP contribution in [0.4, 0.5) is 5.69 Å². The predicted octanol–water partition coefficient (Wildman–Crippen LogP) is 2.64. The van der Waals surface area contributed by atoms with E-state index in [0.717, 1.165) is 4.68 Å². The monoisotopic (exact) mass is 382 g/mol. The van der Waals surface area contributed by atoms with Crippen LogP contribution in [0, 0.1) is 5.92 Å². The first-order valence-corrected chi connectivity index (χ1v) is 8.83. The van der Waals surface area contributed by atoms with Gasteiger partial charge in [-0.15, -0.1) is 5.10 Å². The SMILES string of the molecule is COc1ccc(NC(=O)C(C(C)C)n2nnc3ccccc3c2=O)cc1OC. The van der Waals surface area contributed by atoms with Crippen molar-refractivity contribution in [2.75, 3.05) is 19.5 Å². The summed E-state index contributed by atoms with van der Waals surface area (Å²) in [6, 6.07) is 11.1. The first kappa shape index (κ1) is 19.3. The summed E-state index contributed by atoms with van der Waals surface area (Å²) in [7, 11) is 3.06. The highest BCUT2D eigenvalue weighted by atomic mass is 16.5. The Labute approximate surface area is 162 Å². The summed E-state index contributed by atoms with van der Waals surface area (Å²) in [5.74, 6) is 0.490. The lowest BCUT2D eigenvalue weighted by molar-refractivity contribution is -0.120. The highest BCUT2D eigenvalue weighted by molar-refractivity contribution is 5.94. The molecular weight excluding hydrogens is 360 g/mol. The van der Waals surface area contributed by atoms with Crippen LogP contribution in [0.3, 0.4) is 0 Å². The van der Waals surface area contributed by atoms with E-state index < -0.39 is 6.04 Å². The molecule has 0 aliphatic rings. The van der Waals surface area contributed by atoms with Gasteiger partial charge in [0.25, 0.3) is 5.56 Å². The number of hydrogen-bond donors (Lipinski definition) is 1. The molecule has 1 N–H and O–H groups in total. The number of ether oxygens (including phenoxy) is 2. The molecule has 1 aromatic heterocycles. The summed E-state index contributed by atoms with van der Waals surface area (Å²) in [5.41, 5.74) is 0.661. The highest BCUT2D eigenvalue weighted by Gasteiger charge is 2.27. The molecule has 2 aromatic carbocycles. The number of carbonyl (C=O) groups is 1. The maximum Gasteiger partial charge on any atom is 0.278 e. The van der Waals surface area contributed by atoms with E-state index >= 15 is 0 Å². The summed E-state index contributed by atoms with van der Waals surface area (Å²) in [6.45, 7) is 3.70. The van der Waals surface area contributed by atoms with E-state index in [0.29, 0.717) is 28.1 Å². The molecule has 1 atom stereocenters. The zero-order valence-corrected chi connectivity index (χ0v) is 16.2. The maximum atomic E-state index is 13.0. The molecule has 8 nitrogen and oxygen atoms in total. The van der Waals surface area contributed by atoms with Gasteiger partial charge in [0.05, 0.1) is 19.6 Å². The van der Waals surface area contributed by atoms with Gasteiger partial charge in [-0.25, -0.2) is 0 Å². The molecule has 0 saturated heterocycles. The number of anilines is 1. The van der Waals surface area contributed by atoms with Crippen molar-refractivity contribution in [2.45, 2.75) is 19.9 Å². The van der Waals surface area contributed by atoms with Crippen molar-refractivity contribution in [3.8, 4) is 11.5 Å². The van der Waals surface area contributed by atoms with Crippen molar-refractivity contribution in [3.63, 3.8) is 0 Å². The molecule has 1 amide bonds. The number of amides is 1. The van der Waals surface area contributed by atoms with Crippen LogP contribution in [0.15, 0.2) is 47.3 Å². The molecule has 1 heterocycles. The van der Waals surface area contributed by atoms with Crippen LogP contribution in [-0.4, -0.2) is 35.1 Å². The fourth-order valence-electron chi connectivity index (χ4n) is 3.01. The van der Waals surface area contributed by atoms with Gasteiger partial charge in [0.1, 0.15) is 11.6 Å². The number of nitrogens with zero attached hydrogens (tertiary/aromatic N) is 3. The van der Waals surface area contributed by atoms with Gasteiger partial charge in [-0.05, 0) is 30.2 Å². The standard InChI is InChI=1S/C20H22N4O4/c1-12(2)18(24-20(26)14-7-5-6-8-15(14)22-23-24)19(25)21-13-9-10-16(27-3)17(11-13)28-4/h5-12,18H,1-4H3,(H,21,25). The minimum Gasteiger partial charge on any atom is -0.493 e. The van der Waals surface area contributed by atoms with Crippen molar-refractivity contribution >= 4 is 22.5 Å². The average molecular weight is 382 g/mol. The van der Waals surface area contributed by atoms with Crippen molar-refractivity contribution in [1.82, 2.24) is 15.0 Å². The number of nitrogens with one attached hydrogen (secondary N) is 1. The Morgan fingerprint density at radius 2 is 1.79 bits per heavy atom. The third-order valence-electron chi connectivity index (χ3n) is 4.41. The van der Waals surface area contributed by atoms with E-state index in [1.54, 1.807) is 42.5 Å². The topological polar surface area (TPSA) is 95.3 Å². The fraction of sp³-hybridized carbons (Fsp3) is 0.300. The van der Waals surface area contributed by atoms with Gasteiger partial charge in [-0.1, -0.05) is 31.2 Å². The Morgan fingerprint density at radius 1 is 1.07 bits per heavy atom. The van der Waals surface area contributed by atoms with Crippen LogP contribution in [0.1, 0.15) is 19.9 Å². The zero-order chi connectivity index (χ0) is 20.3. The first-order chi connectivity index (χ1) is 13.5. The van der Waals surface area contributed by atoms with Crippen LogP contribution in [-0.2, 0) is 4.79 Å². The van der Waals surface area contributed by atoms with E-state index in [-0.39, 0.29) is 17.4 Å². The molecule has 0 fully saturated rings. The molecule has 3 aromatic rings. The first-order valence-electron chi connectivity index (χ1n) is 8.83. The van der Waals surface area contributed by atoms with Gasteiger partial charge in [0, 0.05) is 11.8 Å². The van der Waals surface area contributed by atoms with Crippen molar-refractivity contribution in [2.24, 2.45) is 5.92 Å². The molecular formula is C20H22N4O4. The van der Waals surface area contributed by atoms with Crippen LogP contribution in [0.25, 0.3) is 10.9 Å². The van der Waals surface area contributed by atoms with Gasteiger partial charge in [-0.3, -0.25) is 9.59 Å². The van der Waals surface area contributed by atoms with E-state index in [9.17, 15) is 9.59 Å². The smallest absolute Gasteiger partial charge is 0.278 e. The summed E-state index contributed by atoms with van der Waals surface area (Å²) >= 11 is 0. The molecule has 28 heavy (non-hydrogen) atoms. The van der Waals surface area contributed by atoms with Crippen molar-refractivity contribution < 1.29 is 14.3 Å². The molecule has 8 heteroatoms. The van der Waals surface area contributed by atoms with Gasteiger partial charge in [-0.2, -0.15) is 4.68 Å². The quantitative estimate of drug-likeness (QED) is 0.704. The lowest BCUT2D eigenvalue weighted by Crippen LogP contribution is -2.38. The predicted molar refractivity (Wildman–Crippen MR) is 106 cm³/mol.